The number of likely N-dealkylation sites (tertiary alicyclic amines) is 1. The van der Waals surface area contributed by atoms with Gasteiger partial charge in [-0.3, -0.25) is 9.59 Å². The zero-order valence-corrected chi connectivity index (χ0v) is 17.0. The van der Waals surface area contributed by atoms with Gasteiger partial charge in [0.2, 0.25) is 11.8 Å². The van der Waals surface area contributed by atoms with Gasteiger partial charge in [0.15, 0.2) is 0 Å². The Hall–Kier alpha value is -2.82. The summed E-state index contributed by atoms with van der Waals surface area (Å²) in [6.07, 6.45) is 3.17. The van der Waals surface area contributed by atoms with Crippen LogP contribution >= 0.6 is 0 Å². The van der Waals surface area contributed by atoms with Crippen LogP contribution in [0.3, 0.4) is 0 Å². The molecule has 0 aromatic heterocycles. The van der Waals surface area contributed by atoms with Crippen LogP contribution in [0.5, 0.6) is 5.75 Å². The highest BCUT2D eigenvalue weighted by atomic mass is 16.5. The summed E-state index contributed by atoms with van der Waals surface area (Å²) in [5.41, 5.74) is 2.35. The number of rotatable bonds is 3. The van der Waals surface area contributed by atoms with Crippen molar-refractivity contribution in [2.45, 2.75) is 36.5 Å². The molecule has 3 aliphatic rings. The Morgan fingerprint density at radius 1 is 0.966 bits per heavy atom. The zero-order chi connectivity index (χ0) is 20.2. The molecule has 5 rings (SSSR count). The van der Waals surface area contributed by atoms with Crippen molar-refractivity contribution in [1.29, 1.82) is 0 Å². The lowest BCUT2D eigenvalue weighted by Gasteiger charge is -2.39. The lowest BCUT2D eigenvalue weighted by atomic mass is 9.73. The summed E-state index contributed by atoms with van der Waals surface area (Å²) in [5.74, 6) is 1.19. The van der Waals surface area contributed by atoms with Gasteiger partial charge in [-0.15, -0.1) is 0 Å². The number of fused-ring (bicyclic) bond motifs is 2. The summed E-state index contributed by atoms with van der Waals surface area (Å²) >= 11 is 0. The van der Waals surface area contributed by atoms with Crippen LogP contribution < -0.4 is 9.64 Å². The third kappa shape index (κ3) is 2.53. The first-order chi connectivity index (χ1) is 14.0. The van der Waals surface area contributed by atoms with E-state index in [-0.39, 0.29) is 17.2 Å². The molecule has 0 unspecified atom stereocenters. The van der Waals surface area contributed by atoms with Crippen molar-refractivity contribution < 1.29 is 14.3 Å². The molecular weight excluding hydrogens is 364 g/mol. The topological polar surface area (TPSA) is 49.9 Å². The van der Waals surface area contributed by atoms with E-state index in [0.29, 0.717) is 25.9 Å². The van der Waals surface area contributed by atoms with Crippen molar-refractivity contribution in [2.24, 2.45) is 0 Å². The largest absolute Gasteiger partial charge is 0.497 e. The molecule has 2 aliphatic heterocycles. The molecule has 1 saturated carbocycles. The van der Waals surface area contributed by atoms with Gasteiger partial charge in [-0.05, 0) is 55.0 Å². The molecule has 1 spiro atoms. The lowest BCUT2D eigenvalue weighted by molar-refractivity contribution is -0.137. The first-order valence-electron chi connectivity index (χ1n) is 10.3. The van der Waals surface area contributed by atoms with E-state index in [1.807, 2.05) is 54.4 Å². The first-order valence-corrected chi connectivity index (χ1v) is 10.3. The molecule has 2 amide bonds. The van der Waals surface area contributed by atoms with Gasteiger partial charge in [0.05, 0.1) is 17.9 Å². The summed E-state index contributed by atoms with van der Waals surface area (Å²) in [4.78, 5) is 30.3. The number of carbonyl (C=O) groups excluding carboxylic acids is 2. The number of hydrogen-bond donors (Lipinski definition) is 0. The molecule has 29 heavy (non-hydrogen) atoms. The summed E-state index contributed by atoms with van der Waals surface area (Å²) in [5, 5.41) is 0. The molecule has 2 fully saturated rings. The van der Waals surface area contributed by atoms with Gasteiger partial charge < -0.3 is 14.5 Å². The third-order valence-corrected chi connectivity index (χ3v) is 7.20. The monoisotopic (exact) mass is 390 g/mol. The predicted molar refractivity (Wildman–Crippen MR) is 111 cm³/mol. The maximum atomic E-state index is 13.4. The van der Waals surface area contributed by atoms with Crippen LogP contribution in [0, 0.1) is 0 Å². The second-order valence-corrected chi connectivity index (χ2v) is 8.57. The van der Waals surface area contributed by atoms with Crippen LogP contribution in [0.4, 0.5) is 5.69 Å². The summed E-state index contributed by atoms with van der Waals surface area (Å²) in [7, 11) is 3.51. The number of amides is 2. The number of piperidine rings is 1. The number of ether oxygens (including phenoxy) is 1. The number of nitrogens with zero attached hydrogens (tertiary/aromatic N) is 2. The second-order valence-electron chi connectivity index (χ2n) is 8.57. The minimum absolute atomic E-state index is 0.169. The van der Waals surface area contributed by atoms with Crippen LogP contribution in [-0.2, 0) is 20.4 Å². The van der Waals surface area contributed by atoms with E-state index in [2.05, 4.69) is 6.07 Å². The van der Waals surface area contributed by atoms with Crippen molar-refractivity contribution in [3.8, 4) is 5.75 Å². The maximum absolute atomic E-state index is 13.4. The van der Waals surface area contributed by atoms with E-state index >= 15 is 0 Å². The van der Waals surface area contributed by atoms with E-state index < -0.39 is 5.41 Å². The van der Waals surface area contributed by atoms with E-state index in [1.165, 1.54) is 0 Å². The number of benzene rings is 2. The molecule has 0 N–H and O–H groups in total. The highest BCUT2D eigenvalue weighted by Gasteiger charge is 2.56. The minimum Gasteiger partial charge on any atom is -0.497 e. The average Bonchev–Trinajstić information content (AvgIpc) is 3.56. The van der Waals surface area contributed by atoms with Crippen molar-refractivity contribution in [2.75, 3.05) is 32.1 Å². The average molecular weight is 390 g/mol. The normalized spacial score (nSPS) is 21.2. The highest BCUT2D eigenvalue weighted by Crippen LogP contribution is 2.52. The van der Waals surface area contributed by atoms with Crippen molar-refractivity contribution in [3.05, 3.63) is 59.7 Å². The van der Waals surface area contributed by atoms with Gasteiger partial charge in [-0.2, -0.15) is 0 Å². The summed E-state index contributed by atoms with van der Waals surface area (Å²) in [6, 6.07) is 16.0. The Kier molecular flexibility index (Phi) is 3.99. The van der Waals surface area contributed by atoms with E-state index in [4.69, 9.17) is 4.74 Å². The van der Waals surface area contributed by atoms with E-state index in [0.717, 1.165) is 35.4 Å². The summed E-state index contributed by atoms with van der Waals surface area (Å²) in [6.45, 7) is 1.26. The second kappa shape index (κ2) is 6.34. The smallest absolute Gasteiger partial charge is 0.237 e. The fourth-order valence-electron chi connectivity index (χ4n) is 5.25. The molecule has 1 aliphatic carbocycles. The number of likely N-dealkylation sites (N-methyl/N-ethyl adjacent to an activating group) is 1. The molecule has 2 aromatic carbocycles. The molecule has 0 atom stereocenters. The van der Waals surface area contributed by atoms with Crippen LogP contribution in [0.25, 0.3) is 0 Å². The molecule has 0 radical (unpaired) electrons. The van der Waals surface area contributed by atoms with Crippen LogP contribution in [0.1, 0.15) is 36.8 Å². The lowest BCUT2D eigenvalue weighted by Crippen LogP contribution is -2.51. The van der Waals surface area contributed by atoms with Crippen LogP contribution in [0.15, 0.2) is 48.5 Å². The Morgan fingerprint density at radius 2 is 1.62 bits per heavy atom. The van der Waals surface area contributed by atoms with E-state index in [9.17, 15) is 9.59 Å². The van der Waals surface area contributed by atoms with Gasteiger partial charge in [-0.1, -0.05) is 30.3 Å². The van der Waals surface area contributed by atoms with Crippen molar-refractivity contribution in [3.63, 3.8) is 0 Å². The van der Waals surface area contributed by atoms with Gasteiger partial charge in [0, 0.05) is 25.8 Å². The summed E-state index contributed by atoms with van der Waals surface area (Å²) < 4.78 is 5.25. The Balaban J connectivity index is 1.36. The molecule has 0 bridgehead atoms. The van der Waals surface area contributed by atoms with Crippen LogP contribution in [-0.4, -0.2) is 44.0 Å². The molecule has 2 aromatic rings. The molecule has 5 nitrogen and oxygen atoms in total. The maximum Gasteiger partial charge on any atom is 0.237 e. The molecular formula is C24H26N2O3. The molecule has 150 valence electrons. The minimum atomic E-state index is -0.473. The fourth-order valence-corrected chi connectivity index (χ4v) is 5.25. The Bertz CT molecular complexity index is 970. The number of anilines is 1. The van der Waals surface area contributed by atoms with Gasteiger partial charge in [0.1, 0.15) is 5.75 Å². The van der Waals surface area contributed by atoms with Crippen LogP contribution in [0.2, 0.25) is 0 Å². The van der Waals surface area contributed by atoms with Gasteiger partial charge in [-0.25, -0.2) is 0 Å². The SMILES string of the molecule is COc1ccc(C2(C(=O)N3CCC4(CC3)C(=O)N(C)c3ccccc34)CC2)cc1. The van der Waals surface area contributed by atoms with Gasteiger partial charge >= 0.3 is 0 Å². The zero-order valence-electron chi connectivity index (χ0n) is 17.0. The van der Waals surface area contributed by atoms with Crippen molar-refractivity contribution >= 4 is 17.5 Å². The number of carbonyl (C=O) groups is 2. The number of hydrogen-bond acceptors (Lipinski definition) is 3. The quantitative estimate of drug-likeness (QED) is 0.808. The number of para-hydroxylation sites is 1. The Labute approximate surface area is 171 Å². The molecule has 2 heterocycles. The molecule has 1 saturated heterocycles. The highest BCUT2D eigenvalue weighted by molar-refractivity contribution is 6.08. The van der Waals surface area contributed by atoms with E-state index in [1.54, 1.807) is 12.0 Å². The molecule has 5 heteroatoms. The van der Waals surface area contributed by atoms with Crippen molar-refractivity contribution in [1.82, 2.24) is 4.90 Å². The third-order valence-electron chi connectivity index (χ3n) is 7.20. The standard InChI is InChI=1S/C24H26N2O3/c1-25-20-6-4-3-5-19(20)24(21(25)27)13-15-26(16-14-24)22(28)23(11-12-23)17-7-9-18(29-2)10-8-17/h3-10H,11-16H2,1-2H3. The Morgan fingerprint density at radius 3 is 2.24 bits per heavy atom. The van der Waals surface area contributed by atoms with Gasteiger partial charge in [0.25, 0.3) is 0 Å². The predicted octanol–water partition coefficient (Wildman–Crippen LogP) is 3.26. The fraction of sp³-hybridized carbons (Fsp3) is 0.417. The first kappa shape index (κ1) is 18.2. The number of methoxy groups -OCH3 is 1.